The zero-order valence-electron chi connectivity index (χ0n) is 14.3. The van der Waals surface area contributed by atoms with Gasteiger partial charge in [-0.2, -0.15) is 0 Å². The van der Waals surface area contributed by atoms with Gasteiger partial charge in [0.05, 0.1) is 5.41 Å². The van der Waals surface area contributed by atoms with Crippen LogP contribution in [0, 0.1) is 57.0 Å². The van der Waals surface area contributed by atoms with Crippen LogP contribution in [0.15, 0.2) is 30.3 Å². The van der Waals surface area contributed by atoms with Gasteiger partial charge < -0.3 is 9.69 Å². The maximum Gasteiger partial charge on any atom is 0 e. The maximum atomic E-state index is 12.9. The van der Waals surface area contributed by atoms with E-state index in [0.29, 0.717) is 19.4 Å². The molecule has 1 aromatic rings. The Hall–Kier alpha value is -1.90. The zero-order valence-corrected chi connectivity index (χ0v) is 15.4. The average Bonchev–Trinajstić information content (AvgIpc) is 3.00. The number of hydrogen-bond acceptors (Lipinski definition) is 2. The molecule has 2 atom stereocenters. The molecule has 4 radical (unpaired) electrons. The summed E-state index contributed by atoms with van der Waals surface area (Å²) in [5.41, 5.74) is 0.374. The van der Waals surface area contributed by atoms with Crippen LogP contribution < -0.4 is 4.90 Å². The van der Waals surface area contributed by atoms with E-state index in [1.807, 2.05) is 60.9 Å². The first-order chi connectivity index (χ1) is 12.8. The number of carbonyl (C=O) groups is 2. The van der Waals surface area contributed by atoms with Crippen molar-refractivity contribution < 1.29 is 40.6 Å². The fraction of sp³-hybridized carbons (Fsp3) is 0.250. The summed E-state index contributed by atoms with van der Waals surface area (Å²) in [5, 5.41) is 0. The minimum Gasteiger partial charge on any atom is 0 e. The summed E-state index contributed by atoms with van der Waals surface area (Å²) in [7, 11) is 0. The number of amides is 1. The van der Waals surface area contributed by atoms with Crippen LogP contribution in [0.4, 0.5) is 5.69 Å². The Bertz CT molecular complexity index is 606. The summed E-state index contributed by atoms with van der Waals surface area (Å²) in [6.45, 7) is 14.1. The van der Waals surface area contributed by atoms with Crippen LogP contribution in [0.3, 0.4) is 0 Å². The summed E-state index contributed by atoms with van der Waals surface area (Å²) in [5.74, 6) is 0.157. The van der Waals surface area contributed by atoms with E-state index in [9.17, 15) is 9.59 Å². The monoisotopic (exact) mass is 407 g/mol. The largest absolute Gasteiger partial charge is 0 e. The number of anilines is 1. The second-order valence-electron chi connectivity index (χ2n) is 5.38. The first-order valence-electron chi connectivity index (χ1n) is 7.54. The minimum absolute atomic E-state index is 0. The van der Waals surface area contributed by atoms with Crippen molar-refractivity contribution in [2.24, 2.45) is 11.3 Å². The molecule has 1 heterocycles. The van der Waals surface area contributed by atoms with Gasteiger partial charge in [0.2, 0.25) is 5.91 Å². The Labute approximate surface area is 170 Å². The van der Waals surface area contributed by atoms with Gasteiger partial charge in [0.25, 0.3) is 0 Å². The van der Waals surface area contributed by atoms with E-state index < -0.39 is 5.41 Å². The quantitative estimate of drug-likeness (QED) is 0.333. The van der Waals surface area contributed by atoms with Gasteiger partial charge in [-0.25, -0.2) is 0 Å². The Kier molecular flexibility index (Phi) is 15.4. The van der Waals surface area contributed by atoms with E-state index in [1.54, 1.807) is 0 Å². The van der Waals surface area contributed by atoms with E-state index in [2.05, 4.69) is 20.0 Å². The first-order valence-corrected chi connectivity index (χ1v) is 7.54. The van der Waals surface area contributed by atoms with Gasteiger partial charge in [-0.15, -0.1) is 0 Å². The molecule has 0 N–H and O–H groups in total. The molecule has 1 aliphatic heterocycles. The fourth-order valence-corrected chi connectivity index (χ4v) is 3.22. The van der Waals surface area contributed by atoms with Crippen molar-refractivity contribution in [1.29, 1.82) is 0 Å². The molecule has 1 aromatic carbocycles. The molecule has 1 aliphatic carbocycles. The number of benzene rings is 1. The van der Waals surface area contributed by atoms with Crippen molar-refractivity contribution in [3.63, 3.8) is 0 Å². The van der Waals surface area contributed by atoms with Gasteiger partial charge in [-0.05, 0) is 50.2 Å². The molecule has 140 valence electrons. The standard InChI is InChI=1S/C17H17NO2.3CO.Fe/c19-12-9-14-13-18(15-7-3-1-4-8-15)16(20)17(14)10-5-2-6-11-17;3*1-2;/h1-8,10,12,14H,9,11,13H2;;;;/t14-,17+;;;;/m1..../s1. The average molecular weight is 407 g/mol. The van der Waals surface area contributed by atoms with Crippen molar-refractivity contribution in [3.8, 4) is 0 Å². The minimum atomic E-state index is -0.536. The number of nitrogens with zero attached hydrogens (tertiary/aromatic N) is 1. The molecule has 2 fully saturated rings. The third kappa shape index (κ3) is 6.34. The SMILES string of the molecule is O=CC[C@@H]1CN(c2ccccc2)C(=O)[C@]12[CH][CH][CH][CH]C2.[C-]#[O+].[C-]#[O+].[C-]#[O+].[Fe]. The van der Waals surface area contributed by atoms with E-state index in [0.717, 1.165) is 12.0 Å². The molecule has 0 bridgehead atoms. The molecule has 1 amide bonds. The van der Waals surface area contributed by atoms with Crippen molar-refractivity contribution in [2.75, 3.05) is 11.4 Å². The predicted octanol–water partition coefficient (Wildman–Crippen LogP) is 2.33. The first kappa shape index (κ1) is 27.3. The molecule has 7 heteroatoms. The summed E-state index contributed by atoms with van der Waals surface area (Å²) >= 11 is 0. The molecule has 0 unspecified atom stereocenters. The molecule has 1 saturated heterocycles. The van der Waals surface area contributed by atoms with Crippen LogP contribution in [0.2, 0.25) is 0 Å². The van der Waals surface area contributed by atoms with E-state index >= 15 is 0 Å². The van der Waals surface area contributed by atoms with Gasteiger partial charge in [0, 0.05) is 35.7 Å². The van der Waals surface area contributed by atoms with Crippen molar-refractivity contribution in [2.45, 2.75) is 12.8 Å². The smallest absolute Gasteiger partial charge is 0 e. The number of rotatable bonds is 3. The van der Waals surface area contributed by atoms with Crippen LogP contribution in [0.5, 0.6) is 0 Å². The van der Waals surface area contributed by atoms with Crippen molar-refractivity contribution >= 4 is 17.9 Å². The van der Waals surface area contributed by atoms with Crippen molar-refractivity contribution in [3.05, 3.63) is 76.0 Å². The Morgan fingerprint density at radius 1 is 1.07 bits per heavy atom. The van der Waals surface area contributed by atoms with E-state index in [4.69, 9.17) is 14.0 Å². The molecular formula is C20H17FeNO5. The summed E-state index contributed by atoms with van der Waals surface area (Å²) < 4.78 is 22.5. The number of carbonyl (C=O) groups excluding carboxylic acids is 2. The second kappa shape index (κ2) is 15.2. The van der Waals surface area contributed by atoms with Gasteiger partial charge >= 0.3 is 33.9 Å². The van der Waals surface area contributed by atoms with Crippen LogP contribution in [0.1, 0.15) is 12.8 Å². The molecular weight excluding hydrogens is 390 g/mol. The molecule has 1 spiro atoms. The molecule has 27 heavy (non-hydrogen) atoms. The summed E-state index contributed by atoms with van der Waals surface area (Å²) in [6.07, 6.45) is 9.92. The fourth-order valence-electron chi connectivity index (χ4n) is 3.22. The van der Waals surface area contributed by atoms with Crippen LogP contribution in [-0.2, 0) is 40.6 Å². The molecule has 6 nitrogen and oxygen atoms in total. The van der Waals surface area contributed by atoms with Gasteiger partial charge in [-0.3, -0.25) is 4.79 Å². The Balaban J connectivity index is 0. The summed E-state index contributed by atoms with van der Waals surface area (Å²) in [6, 6.07) is 9.68. The van der Waals surface area contributed by atoms with Crippen LogP contribution >= 0.6 is 0 Å². The third-order valence-corrected chi connectivity index (χ3v) is 4.32. The number of hydrogen-bond donors (Lipinski definition) is 0. The number of aldehydes is 1. The van der Waals surface area contributed by atoms with Crippen LogP contribution in [0.25, 0.3) is 0 Å². The van der Waals surface area contributed by atoms with E-state index in [1.165, 1.54) is 0 Å². The maximum absolute atomic E-state index is 12.9. The van der Waals surface area contributed by atoms with E-state index in [-0.39, 0.29) is 28.9 Å². The van der Waals surface area contributed by atoms with Gasteiger partial charge in [0.1, 0.15) is 6.29 Å². The normalized spacial score (nSPS) is 18.8. The predicted molar refractivity (Wildman–Crippen MR) is 89.0 cm³/mol. The second-order valence-corrected chi connectivity index (χ2v) is 5.38. The molecule has 2 aliphatic rings. The Morgan fingerprint density at radius 2 is 1.67 bits per heavy atom. The molecule has 3 rings (SSSR count). The number of para-hydroxylation sites is 1. The molecule has 0 aromatic heterocycles. The van der Waals surface area contributed by atoms with Gasteiger partial charge in [-0.1, -0.05) is 18.2 Å². The summed E-state index contributed by atoms with van der Waals surface area (Å²) in [4.78, 5) is 25.7. The topological polar surface area (TPSA) is 97.1 Å². The van der Waals surface area contributed by atoms with Gasteiger partial charge in [0.15, 0.2) is 0 Å². The Morgan fingerprint density at radius 3 is 2.15 bits per heavy atom. The molecule has 1 saturated carbocycles. The zero-order chi connectivity index (χ0) is 20.0. The third-order valence-electron chi connectivity index (χ3n) is 4.32. The van der Waals surface area contributed by atoms with Crippen LogP contribution in [-0.4, -0.2) is 18.7 Å². The van der Waals surface area contributed by atoms with Crippen molar-refractivity contribution in [1.82, 2.24) is 0 Å².